The molecule has 1 aromatic carbocycles. The van der Waals surface area contributed by atoms with Gasteiger partial charge in [0, 0.05) is 42.0 Å². The van der Waals surface area contributed by atoms with Crippen LogP contribution in [0.15, 0.2) is 29.3 Å². The second-order valence-corrected chi connectivity index (χ2v) is 12.7. The van der Waals surface area contributed by atoms with Crippen LogP contribution in [0.5, 0.6) is 0 Å². The highest BCUT2D eigenvalue weighted by Gasteiger charge is 2.61. The Morgan fingerprint density at radius 3 is 2.67 bits per heavy atom. The predicted octanol–water partition coefficient (Wildman–Crippen LogP) is 1.80. The van der Waals surface area contributed by atoms with Gasteiger partial charge >= 0.3 is 0 Å². The Labute approximate surface area is 214 Å². The van der Waals surface area contributed by atoms with Gasteiger partial charge in [-0.3, -0.25) is 9.59 Å². The molecular formula is C24H29ClN4O6S. The number of nitrogens with one attached hydrogen (secondary N) is 1. The van der Waals surface area contributed by atoms with Crippen molar-refractivity contribution in [1.82, 2.24) is 19.1 Å². The van der Waals surface area contributed by atoms with Crippen LogP contribution in [0.3, 0.4) is 0 Å². The molecule has 0 radical (unpaired) electrons. The number of piperazine rings is 1. The Morgan fingerprint density at radius 2 is 1.97 bits per heavy atom. The number of aromatic amines is 1. The lowest BCUT2D eigenvalue weighted by Gasteiger charge is -2.44. The third kappa shape index (κ3) is 3.92. The summed E-state index contributed by atoms with van der Waals surface area (Å²) in [6, 6.07) is 6.62. The van der Waals surface area contributed by atoms with E-state index in [1.165, 1.54) is 17.5 Å². The first-order chi connectivity index (χ1) is 17.1. The minimum absolute atomic E-state index is 0.00631. The number of rotatable bonds is 5. The summed E-state index contributed by atoms with van der Waals surface area (Å²) in [4.78, 5) is 32.4. The van der Waals surface area contributed by atoms with Crippen molar-refractivity contribution < 1.29 is 27.5 Å². The highest BCUT2D eigenvalue weighted by molar-refractivity contribution is 7.89. The van der Waals surface area contributed by atoms with Crippen LogP contribution in [0.4, 0.5) is 0 Å². The largest absolute Gasteiger partial charge is 0.380 e. The van der Waals surface area contributed by atoms with Crippen LogP contribution >= 0.6 is 11.6 Å². The van der Waals surface area contributed by atoms with E-state index in [1.54, 1.807) is 23.1 Å². The number of H-pyrrole nitrogens is 1. The van der Waals surface area contributed by atoms with Crippen molar-refractivity contribution in [2.45, 2.75) is 42.0 Å². The molecule has 4 aliphatic rings. The van der Waals surface area contributed by atoms with Crippen molar-refractivity contribution in [3.8, 4) is 0 Å². The fraction of sp³-hybridized carbons (Fsp3) is 0.583. The zero-order valence-corrected chi connectivity index (χ0v) is 21.6. The van der Waals surface area contributed by atoms with Gasteiger partial charge in [0.2, 0.25) is 11.8 Å². The molecule has 2 aromatic rings. The number of likely N-dealkylation sites (tertiary alicyclic amines) is 1. The van der Waals surface area contributed by atoms with Gasteiger partial charge in [0.25, 0.3) is 10.0 Å². The molecule has 3 saturated heterocycles. The topological polar surface area (TPSA) is 112 Å². The number of ether oxygens (including phenoxy) is 2. The second kappa shape index (κ2) is 8.42. The molecule has 6 rings (SSSR count). The zero-order valence-electron chi connectivity index (χ0n) is 20.0. The molecular weight excluding hydrogens is 508 g/mol. The van der Waals surface area contributed by atoms with E-state index in [4.69, 9.17) is 21.1 Å². The lowest BCUT2D eigenvalue weighted by atomic mass is 9.91. The molecule has 1 aliphatic carbocycles. The van der Waals surface area contributed by atoms with Crippen LogP contribution in [-0.4, -0.2) is 97.1 Å². The fourth-order valence-electron chi connectivity index (χ4n) is 5.81. The molecule has 1 saturated carbocycles. The molecule has 1 unspecified atom stereocenters. The molecule has 1 aromatic heterocycles. The maximum absolute atomic E-state index is 13.6. The van der Waals surface area contributed by atoms with Gasteiger partial charge in [-0.05, 0) is 49.9 Å². The Balaban J connectivity index is 1.26. The molecule has 1 spiro atoms. The van der Waals surface area contributed by atoms with Gasteiger partial charge in [0.1, 0.15) is 5.03 Å². The van der Waals surface area contributed by atoms with Crippen LogP contribution in [-0.2, 0) is 29.1 Å². The summed E-state index contributed by atoms with van der Waals surface area (Å²) in [6.45, 7) is 1.21. The molecule has 2 amide bonds. The number of hydrogen-bond acceptors (Lipinski definition) is 6. The lowest BCUT2D eigenvalue weighted by molar-refractivity contribution is -0.197. The molecule has 12 heteroatoms. The van der Waals surface area contributed by atoms with Crippen molar-refractivity contribution in [3.63, 3.8) is 0 Å². The average Bonchev–Trinajstić information content (AvgIpc) is 3.52. The first-order valence-electron chi connectivity index (χ1n) is 12.2. The Hall–Kier alpha value is -2.18. The Kier molecular flexibility index (Phi) is 5.65. The van der Waals surface area contributed by atoms with Crippen LogP contribution < -0.4 is 0 Å². The number of amides is 2. The molecule has 1 N–H and O–H groups in total. The van der Waals surface area contributed by atoms with Crippen LogP contribution in [0.1, 0.15) is 25.7 Å². The number of hydrogen-bond donors (Lipinski definition) is 1. The van der Waals surface area contributed by atoms with Crippen molar-refractivity contribution in [1.29, 1.82) is 0 Å². The number of carbonyl (C=O) groups is 2. The van der Waals surface area contributed by atoms with E-state index in [-0.39, 0.29) is 42.5 Å². The molecule has 1 atom stereocenters. The van der Waals surface area contributed by atoms with Crippen LogP contribution in [0.2, 0.25) is 5.02 Å². The first kappa shape index (κ1) is 24.2. The molecule has 194 valence electrons. The second-order valence-electron chi connectivity index (χ2n) is 10.4. The van der Waals surface area contributed by atoms with Gasteiger partial charge < -0.3 is 24.3 Å². The number of halogens is 1. The average molecular weight is 537 g/mol. The predicted molar refractivity (Wildman–Crippen MR) is 131 cm³/mol. The quantitative estimate of drug-likeness (QED) is 0.623. The minimum Gasteiger partial charge on any atom is -0.380 e. The summed E-state index contributed by atoms with van der Waals surface area (Å²) in [7, 11) is -2.52. The number of piperidine rings is 1. The third-order valence-electron chi connectivity index (χ3n) is 7.84. The normalized spacial score (nSPS) is 26.7. The van der Waals surface area contributed by atoms with Crippen molar-refractivity contribution in [3.05, 3.63) is 29.3 Å². The first-order valence-corrected chi connectivity index (χ1v) is 14.0. The Morgan fingerprint density at radius 1 is 1.22 bits per heavy atom. The van der Waals surface area contributed by atoms with Crippen molar-refractivity contribution in [2.75, 3.05) is 46.4 Å². The molecule has 10 nitrogen and oxygen atoms in total. The van der Waals surface area contributed by atoms with Gasteiger partial charge in [-0.2, -0.15) is 4.31 Å². The summed E-state index contributed by atoms with van der Waals surface area (Å²) in [6.07, 6.45) is 3.11. The van der Waals surface area contributed by atoms with Crippen molar-refractivity contribution >= 4 is 44.3 Å². The Bertz CT molecular complexity index is 1330. The maximum Gasteiger partial charge on any atom is 0.259 e. The van der Waals surface area contributed by atoms with E-state index in [1.807, 2.05) is 4.90 Å². The SMILES string of the molecule is COCC12CN(S(=O)(=O)c3cc4cc(Cl)ccc4[nH]3)CC(=O)N1CC1(CCN(C(=O)C3CC3)CC1)O2. The van der Waals surface area contributed by atoms with E-state index >= 15 is 0 Å². The number of carbonyl (C=O) groups excluding carboxylic acids is 2. The number of nitrogens with zero attached hydrogens (tertiary/aromatic N) is 3. The van der Waals surface area contributed by atoms with Gasteiger partial charge in [-0.25, -0.2) is 8.42 Å². The fourth-order valence-corrected chi connectivity index (χ4v) is 7.44. The molecule has 3 aliphatic heterocycles. The van der Waals surface area contributed by atoms with Crippen LogP contribution in [0, 0.1) is 5.92 Å². The van der Waals surface area contributed by atoms with Crippen LogP contribution in [0.25, 0.3) is 10.9 Å². The number of benzene rings is 1. The molecule has 0 bridgehead atoms. The molecule has 4 heterocycles. The standard InChI is InChI=1S/C24H29ClN4O6S/c1-34-15-24-14-28(36(32,33)20-11-17-10-18(25)4-5-19(17)26-20)12-21(30)29(24)13-23(35-24)6-8-27(9-7-23)22(31)16-2-3-16/h4-5,10-11,16,26H,2-3,6-9,12-15H2,1H3. The van der Waals surface area contributed by atoms with E-state index in [0.717, 1.165) is 12.8 Å². The third-order valence-corrected chi connectivity index (χ3v) is 9.79. The number of sulfonamides is 1. The van der Waals surface area contributed by atoms with Gasteiger partial charge in [0.15, 0.2) is 5.72 Å². The molecule has 36 heavy (non-hydrogen) atoms. The minimum atomic E-state index is -4.03. The van der Waals surface area contributed by atoms with Crippen molar-refractivity contribution in [2.24, 2.45) is 5.92 Å². The summed E-state index contributed by atoms with van der Waals surface area (Å²) >= 11 is 6.06. The maximum atomic E-state index is 13.6. The van der Waals surface area contributed by atoms with E-state index in [0.29, 0.717) is 48.4 Å². The van der Waals surface area contributed by atoms with Gasteiger partial charge in [0.05, 0.1) is 31.8 Å². The highest BCUT2D eigenvalue weighted by Crippen LogP contribution is 2.44. The van der Waals surface area contributed by atoms with E-state index < -0.39 is 21.3 Å². The lowest BCUT2D eigenvalue weighted by Crippen LogP contribution is -2.65. The molecule has 4 fully saturated rings. The monoisotopic (exact) mass is 536 g/mol. The summed E-state index contributed by atoms with van der Waals surface area (Å²) in [5, 5.41) is 1.16. The zero-order chi connectivity index (χ0) is 25.3. The number of methoxy groups -OCH3 is 1. The number of fused-ring (bicyclic) bond motifs is 2. The van der Waals surface area contributed by atoms with E-state index in [2.05, 4.69) is 4.98 Å². The number of aromatic nitrogens is 1. The smallest absolute Gasteiger partial charge is 0.259 e. The van der Waals surface area contributed by atoms with Gasteiger partial charge in [-0.1, -0.05) is 11.6 Å². The summed E-state index contributed by atoms with van der Waals surface area (Å²) < 4.78 is 40.5. The van der Waals surface area contributed by atoms with Gasteiger partial charge in [-0.15, -0.1) is 0 Å². The highest BCUT2D eigenvalue weighted by atomic mass is 35.5. The summed E-state index contributed by atoms with van der Waals surface area (Å²) in [5.41, 5.74) is -1.22. The summed E-state index contributed by atoms with van der Waals surface area (Å²) in [5.74, 6) is 0.0465. The van der Waals surface area contributed by atoms with E-state index in [9.17, 15) is 18.0 Å².